The Balaban J connectivity index is 1.48. The second-order valence-electron chi connectivity index (χ2n) is 5.10. The highest BCUT2D eigenvalue weighted by molar-refractivity contribution is 5.94. The van der Waals surface area contributed by atoms with E-state index in [-0.39, 0.29) is 12.7 Å². The Bertz CT molecular complexity index is 895. The number of rotatable bonds is 3. The standard InChI is InChI=1S/C17H13N3O3/c21-17(11-5-6-15-16(7-11)23-10-22-15)19-9-12-8-18-13-3-1-2-4-14(13)20-12/h1-8H,9-10H2,(H,19,21). The number of carbonyl (C=O) groups excluding carboxylic acids is 1. The molecule has 6 nitrogen and oxygen atoms in total. The van der Waals surface area contributed by atoms with Crippen LogP contribution in [0.3, 0.4) is 0 Å². The zero-order chi connectivity index (χ0) is 15.6. The van der Waals surface area contributed by atoms with Gasteiger partial charge in [0.25, 0.3) is 5.91 Å². The first-order valence-electron chi connectivity index (χ1n) is 7.18. The first kappa shape index (κ1) is 13.5. The molecule has 0 unspecified atom stereocenters. The first-order chi connectivity index (χ1) is 11.3. The summed E-state index contributed by atoms with van der Waals surface area (Å²) in [4.78, 5) is 21.0. The van der Waals surface area contributed by atoms with E-state index in [9.17, 15) is 4.79 Å². The van der Waals surface area contributed by atoms with Gasteiger partial charge >= 0.3 is 0 Å². The maximum atomic E-state index is 12.2. The number of amides is 1. The summed E-state index contributed by atoms with van der Waals surface area (Å²) in [5.41, 5.74) is 2.86. The summed E-state index contributed by atoms with van der Waals surface area (Å²) >= 11 is 0. The summed E-state index contributed by atoms with van der Waals surface area (Å²) in [6.45, 7) is 0.498. The molecule has 2 heterocycles. The summed E-state index contributed by atoms with van der Waals surface area (Å²) in [5, 5.41) is 2.83. The van der Waals surface area contributed by atoms with Crippen molar-refractivity contribution in [2.75, 3.05) is 6.79 Å². The molecule has 1 aliphatic rings. The molecular formula is C17H13N3O3. The number of para-hydroxylation sites is 2. The molecule has 1 aliphatic heterocycles. The minimum absolute atomic E-state index is 0.188. The fraction of sp³-hybridized carbons (Fsp3) is 0.118. The third-order valence-corrected chi connectivity index (χ3v) is 3.56. The van der Waals surface area contributed by atoms with Crippen molar-refractivity contribution in [2.24, 2.45) is 0 Å². The minimum atomic E-state index is -0.196. The molecule has 1 N–H and O–H groups in total. The van der Waals surface area contributed by atoms with Crippen molar-refractivity contribution in [3.8, 4) is 11.5 Å². The Hall–Kier alpha value is -3.15. The van der Waals surface area contributed by atoms with E-state index in [0.717, 1.165) is 11.0 Å². The van der Waals surface area contributed by atoms with E-state index in [1.165, 1.54) is 0 Å². The molecule has 114 valence electrons. The summed E-state index contributed by atoms with van der Waals surface area (Å²) < 4.78 is 10.5. The number of aromatic nitrogens is 2. The van der Waals surface area contributed by atoms with Crippen molar-refractivity contribution in [2.45, 2.75) is 6.54 Å². The summed E-state index contributed by atoms with van der Waals surface area (Å²) in [6, 6.07) is 12.7. The third kappa shape index (κ3) is 2.66. The van der Waals surface area contributed by atoms with Gasteiger partial charge in [0, 0.05) is 5.56 Å². The number of carbonyl (C=O) groups is 1. The Morgan fingerprint density at radius 2 is 1.91 bits per heavy atom. The van der Waals surface area contributed by atoms with Gasteiger partial charge in [0.15, 0.2) is 11.5 Å². The smallest absolute Gasteiger partial charge is 0.251 e. The maximum Gasteiger partial charge on any atom is 0.251 e. The van der Waals surface area contributed by atoms with E-state index in [1.807, 2.05) is 24.3 Å². The zero-order valence-electron chi connectivity index (χ0n) is 12.2. The van der Waals surface area contributed by atoms with Gasteiger partial charge in [0.1, 0.15) is 0 Å². The van der Waals surface area contributed by atoms with Crippen molar-refractivity contribution >= 4 is 16.9 Å². The lowest BCUT2D eigenvalue weighted by Crippen LogP contribution is -2.23. The van der Waals surface area contributed by atoms with Gasteiger partial charge in [-0.25, -0.2) is 4.98 Å². The molecule has 0 atom stereocenters. The Morgan fingerprint density at radius 3 is 2.83 bits per heavy atom. The highest BCUT2D eigenvalue weighted by Gasteiger charge is 2.16. The van der Waals surface area contributed by atoms with Crippen molar-refractivity contribution in [3.63, 3.8) is 0 Å². The maximum absolute atomic E-state index is 12.2. The Morgan fingerprint density at radius 1 is 1.09 bits per heavy atom. The van der Waals surface area contributed by atoms with Gasteiger partial charge in [-0.05, 0) is 30.3 Å². The van der Waals surface area contributed by atoms with Crippen molar-refractivity contribution in [1.82, 2.24) is 15.3 Å². The van der Waals surface area contributed by atoms with Crippen LogP contribution in [0, 0.1) is 0 Å². The number of fused-ring (bicyclic) bond motifs is 2. The number of ether oxygens (including phenoxy) is 2. The molecule has 3 aromatic rings. The van der Waals surface area contributed by atoms with Crippen LogP contribution in [-0.2, 0) is 6.54 Å². The predicted octanol–water partition coefficient (Wildman–Crippen LogP) is 2.29. The normalized spacial score (nSPS) is 12.3. The number of nitrogens with zero attached hydrogens (tertiary/aromatic N) is 2. The number of nitrogens with one attached hydrogen (secondary N) is 1. The van der Waals surface area contributed by atoms with Crippen LogP contribution in [-0.4, -0.2) is 22.7 Å². The molecule has 2 aromatic carbocycles. The van der Waals surface area contributed by atoms with Gasteiger partial charge in [-0.2, -0.15) is 0 Å². The fourth-order valence-corrected chi connectivity index (χ4v) is 2.39. The number of hydrogen-bond acceptors (Lipinski definition) is 5. The van der Waals surface area contributed by atoms with Crippen LogP contribution in [0.5, 0.6) is 11.5 Å². The summed E-state index contributed by atoms with van der Waals surface area (Å²) in [5.74, 6) is 1.04. The number of hydrogen-bond donors (Lipinski definition) is 1. The van der Waals surface area contributed by atoms with E-state index in [1.54, 1.807) is 24.4 Å². The van der Waals surface area contributed by atoms with Crippen LogP contribution in [0.2, 0.25) is 0 Å². The average molecular weight is 307 g/mol. The monoisotopic (exact) mass is 307 g/mol. The van der Waals surface area contributed by atoms with Gasteiger partial charge in [-0.3, -0.25) is 9.78 Å². The molecule has 0 aliphatic carbocycles. The quantitative estimate of drug-likeness (QED) is 0.803. The van der Waals surface area contributed by atoms with Crippen LogP contribution in [0.1, 0.15) is 16.1 Å². The molecule has 0 spiro atoms. The molecule has 0 saturated heterocycles. The topological polar surface area (TPSA) is 73.3 Å². The van der Waals surface area contributed by atoms with Crippen LogP contribution in [0.4, 0.5) is 0 Å². The lowest BCUT2D eigenvalue weighted by Gasteiger charge is -2.06. The second-order valence-corrected chi connectivity index (χ2v) is 5.10. The Labute approximate surface area is 132 Å². The largest absolute Gasteiger partial charge is 0.454 e. The summed E-state index contributed by atoms with van der Waals surface area (Å²) in [7, 11) is 0. The van der Waals surface area contributed by atoms with Gasteiger partial charge in [-0.15, -0.1) is 0 Å². The van der Waals surface area contributed by atoms with Crippen LogP contribution in [0.15, 0.2) is 48.7 Å². The molecule has 4 rings (SSSR count). The van der Waals surface area contributed by atoms with Crippen molar-refractivity contribution in [3.05, 3.63) is 59.9 Å². The van der Waals surface area contributed by atoms with E-state index < -0.39 is 0 Å². The van der Waals surface area contributed by atoms with Crippen LogP contribution in [0.25, 0.3) is 11.0 Å². The lowest BCUT2D eigenvalue weighted by molar-refractivity contribution is 0.0950. The molecule has 0 radical (unpaired) electrons. The van der Waals surface area contributed by atoms with Crippen molar-refractivity contribution in [1.29, 1.82) is 0 Å². The van der Waals surface area contributed by atoms with E-state index in [0.29, 0.717) is 29.3 Å². The van der Waals surface area contributed by atoms with E-state index >= 15 is 0 Å². The molecule has 1 amide bonds. The van der Waals surface area contributed by atoms with Crippen molar-refractivity contribution < 1.29 is 14.3 Å². The average Bonchev–Trinajstić information content (AvgIpc) is 3.07. The Kier molecular flexibility index (Phi) is 3.27. The molecule has 0 saturated carbocycles. The third-order valence-electron chi connectivity index (χ3n) is 3.56. The second kappa shape index (κ2) is 5.57. The summed E-state index contributed by atoms with van der Waals surface area (Å²) in [6.07, 6.45) is 1.67. The predicted molar refractivity (Wildman–Crippen MR) is 83.3 cm³/mol. The zero-order valence-corrected chi connectivity index (χ0v) is 12.2. The van der Waals surface area contributed by atoms with Gasteiger partial charge in [-0.1, -0.05) is 12.1 Å². The van der Waals surface area contributed by atoms with Gasteiger partial charge in [0.2, 0.25) is 6.79 Å². The molecule has 23 heavy (non-hydrogen) atoms. The van der Waals surface area contributed by atoms with Gasteiger partial charge in [0.05, 0.1) is 29.5 Å². The molecule has 0 bridgehead atoms. The fourth-order valence-electron chi connectivity index (χ4n) is 2.39. The van der Waals surface area contributed by atoms with E-state index in [4.69, 9.17) is 9.47 Å². The molecule has 0 fully saturated rings. The SMILES string of the molecule is O=C(NCc1cnc2ccccc2n1)c1ccc2c(c1)OCO2. The first-order valence-corrected chi connectivity index (χ1v) is 7.18. The van der Waals surface area contributed by atoms with Gasteiger partial charge < -0.3 is 14.8 Å². The molecular weight excluding hydrogens is 294 g/mol. The van der Waals surface area contributed by atoms with E-state index in [2.05, 4.69) is 15.3 Å². The minimum Gasteiger partial charge on any atom is -0.454 e. The highest BCUT2D eigenvalue weighted by atomic mass is 16.7. The lowest BCUT2D eigenvalue weighted by atomic mass is 10.2. The highest BCUT2D eigenvalue weighted by Crippen LogP contribution is 2.32. The number of benzene rings is 2. The van der Waals surface area contributed by atoms with Crippen LogP contribution < -0.4 is 14.8 Å². The van der Waals surface area contributed by atoms with Crippen LogP contribution >= 0.6 is 0 Å². The molecule has 1 aromatic heterocycles. The molecule has 6 heteroatoms.